The third-order valence-corrected chi connectivity index (χ3v) is 5.01. The molecular weight excluding hydrogens is 308 g/mol. The maximum atomic E-state index is 10.8. The number of hydrogen-bond donors (Lipinski definition) is 1. The van der Waals surface area contributed by atoms with Crippen molar-refractivity contribution in [1.29, 1.82) is 0 Å². The zero-order valence-electron chi connectivity index (χ0n) is 12.2. The average Bonchev–Trinajstić information content (AvgIpc) is 3.06. The Hall–Kier alpha value is -1.41. The number of aromatic nitrogens is 4. The molecule has 0 fully saturated rings. The van der Waals surface area contributed by atoms with Crippen molar-refractivity contribution in [3.8, 4) is 0 Å². The molecule has 0 unspecified atom stereocenters. The van der Waals surface area contributed by atoms with E-state index in [1.54, 1.807) is 17.5 Å². The molecule has 0 saturated carbocycles. The summed E-state index contributed by atoms with van der Waals surface area (Å²) in [5, 5.41) is 20.8. The SMILES string of the molecule is CCCc1nnc(SCC(=O)O)n1C(C)(C)c1nccs1. The minimum absolute atomic E-state index is 0.0296. The summed E-state index contributed by atoms with van der Waals surface area (Å²) in [5.74, 6) is -0.0256. The van der Waals surface area contributed by atoms with Gasteiger partial charge in [0.1, 0.15) is 10.8 Å². The highest BCUT2D eigenvalue weighted by Crippen LogP contribution is 2.32. The summed E-state index contributed by atoms with van der Waals surface area (Å²) < 4.78 is 2.02. The molecule has 8 heteroatoms. The van der Waals surface area contributed by atoms with Crippen LogP contribution in [0.25, 0.3) is 0 Å². The van der Waals surface area contributed by atoms with Crippen molar-refractivity contribution in [3.63, 3.8) is 0 Å². The standard InChI is InChI=1S/C13H18N4O2S2/c1-4-5-9-15-16-12(21-8-10(18)19)17(9)13(2,3)11-14-6-7-20-11/h6-7H,4-5,8H2,1-3H3,(H,18,19). The van der Waals surface area contributed by atoms with Crippen LogP contribution in [0.1, 0.15) is 38.0 Å². The van der Waals surface area contributed by atoms with Crippen molar-refractivity contribution in [2.24, 2.45) is 0 Å². The second-order valence-electron chi connectivity index (χ2n) is 5.06. The second kappa shape index (κ2) is 6.57. The van der Waals surface area contributed by atoms with Crippen LogP contribution in [0.2, 0.25) is 0 Å². The smallest absolute Gasteiger partial charge is 0.313 e. The number of aliphatic carboxylic acids is 1. The van der Waals surface area contributed by atoms with Gasteiger partial charge in [0.05, 0.1) is 11.3 Å². The van der Waals surface area contributed by atoms with E-state index in [2.05, 4.69) is 36.0 Å². The van der Waals surface area contributed by atoms with E-state index < -0.39 is 11.5 Å². The average molecular weight is 326 g/mol. The molecule has 2 heterocycles. The molecule has 0 bridgehead atoms. The van der Waals surface area contributed by atoms with Gasteiger partial charge in [0, 0.05) is 18.0 Å². The van der Waals surface area contributed by atoms with Gasteiger partial charge in [0.25, 0.3) is 0 Å². The first kappa shape index (κ1) is 16.0. The van der Waals surface area contributed by atoms with Gasteiger partial charge in [-0.15, -0.1) is 21.5 Å². The highest BCUT2D eigenvalue weighted by atomic mass is 32.2. The van der Waals surface area contributed by atoms with Crippen LogP contribution >= 0.6 is 23.1 Å². The van der Waals surface area contributed by atoms with E-state index >= 15 is 0 Å². The lowest BCUT2D eigenvalue weighted by Gasteiger charge is -2.27. The monoisotopic (exact) mass is 326 g/mol. The highest BCUT2D eigenvalue weighted by molar-refractivity contribution is 7.99. The van der Waals surface area contributed by atoms with Crippen LogP contribution in [0.4, 0.5) is 0 Å². The number of carbonyl (C=O) groups is 1. The van der Waals surface area contributed by atoms with Crippen molar-refractivity contribution >= 4 is 29.1 Å². The van der Waals surface area contributed by atoms with E-state index in [-0.39, 0.29) is 5.75 Å². The number of carboxylic acids is 1. The van der Waals surface area contributed by atoms with E-state index in [0.717, 1.165) is 23.7 Å². The number of nitrogens with zero attached hydrogens (tertiary/aromatic N) is 4. The molecule has 2 aromatic heterocycles. The van der Waals surface area contributed by atoms with Gasteiger partial charge < -0.3 is 5.11 Å². The zero-order valence-corrected chi connectivity index (χ0v) is 13.9. The first-order valence-electron chi connectivity index (χ1n) is 6.66. The van der Waals surface area contributed by atoms with Crippen molar-refractivity contribution in [2.45, 2.75) is 44.3 Å². The molecule has 21 heavy (non-hydrogen) atoms. The Morgan fingerprint density at radius 3 is 2.81 bits per heavy atom. The summed E-state index contributed by atoms with van der Waals surface area (Å²) in [6, 6.07) is 0. The van der Waals surface area contributed by atoms with Gasteiger partial charge in [-0.3, -0.25) is 9.36 Å². The van der Waals surface area contributed by atoms with Crippen molar-refractivity contribution < 1.29 is 9.90 Å². The summed E-state index contributed by atoms with van der Waals surface area (Å²) in [5.41, 5.74) is -0.400. The highest BCUT2D eigenvalue weighted by Gasteiger charge is 2.31. The number of carboxylic acid groups (broad SMARTS) is 1. The fourth-order valence-electron chi connectivity index (χ4n) is 2.09. The number of thioether (sulfide) groups is 1. The maximum Gasteiger partial charge on any atom is 0.313 e. The molecule has 0 aliphatic carbocycles. The van der Waals surface area contributed by atoms with E-state index in [1.807, 2.05) is 9.95 Å². The first-order valence-corrected chi connectivity index (χ1v) is 8.52. The predicted molar refractivity (Wildman–Crippen MR) is 82.9 cm³/mol. The van der Waals surface area contributed by atoms with Crippen LogP contribution in [0.15, 0.2) is 16.7 Å². The van der Waals surface area contributed by atoms with Gasteiger partial charge in [-0.05, 0) is 20.3 Å². The summed E-state index contributed by atoms with van der Waals surface area (Å²) in [6.07, 6.45) is 3.53. The molecule has 0 radical (unpaired) electrons. The van der Waals surface area contributed by atoms with Gasteiger partial charge in [0.2, 0.25) is 0 Å². The van der Waals surface area contributed by atoms with Gasteiger partial charge in [-0.1, -0.05) is 18.7 Å². The molecule has 0 aliphatic heterocycles. The Kier molecular flexibility index (Phi) is 5.00. The molecular formula is C13H18N4O2S2. The van der Waals surface area contributed by atoms with E-state index in [9.17, 15) is 4.79 Å². The molecule has 2 rings (SSSR count). The number of hydrogen-bond acceptors (Lipinski definition) is 6. The normalized spacial score (nSPS) is 11.8. The Morgan fingerprint density at radius 1 is 1.48 bits per heavy atom. The lowest BCUT2D eigenvalue weighted by Crippen LogP contribution is -2.30. The Labute approximate surface area is 131 Å². The summed E-state index contributed by atoms with van der Waals surface area (Å²) in [4.78, 5) is 15.2. The molecule has 0 saturated heterocycles. The van der Waals surface area contributed by atoms with Crippen LogP contribution < -0.4 is 0 Å². The second-order valence-corrected chi connectivity index (χ2v) is 6.90. The van der Waals surface area contributed by atoms with E-state index in [1.165, 1.54) is 11.8 Å². The predicted octanol–water partition coefficient (Wildman–Crippen LogP) is 2.65. The lowest BCUT2D eigenvalue weighted by atomic mass is 10.1. The molecule has 114 valence electrons. The first-order chi connectivity index (χ1) is 9.96. The Morgan fingerprint density at radius 2 is 2.24 bits per heavy atom. The van der Waals surface area contributed by atoms with Gasteiger partial charge in [-0.2, -0.15) is 0 Å². The Bertz CT molecular complexity index is 608. The maximum absolute atomic E-state index is 10.8. The fraction of sp³-hybridized carbons (Fsp3) is 0.538. The van der Waals surface area contributed by atoms with Crippen molar-refractivity contribution in [1.82, 2.24) is 19.7 Å². The molecule has 0 spiro atoms. The molecule has 0 aliphatic rings. The zero-order chi connectivity index (χ0) is 15.5. The molecule has 2 aromatic rings. The van der Waals surface area contributed by atoms with E-state index in [4.69, 9.17) is 5.11 Å². The van der Waals surface area contributed by atoms with Gasteiger partial charge >= 0.3 is 5.97 Å². The number of aryl methyl sites for hydroxylation is 1. The third-order valence-electron chi connectivity index (χ3n) is 3.01. The Balaban J connectivity index is 2.43. The third kappa shape index (κ3) is 3.44. The lowest BCUT2D eigenvalue weighted by molar-refractivity contribution is -0.133. The fourth-order valence-corrected chi connectivity index (χ4v) is 3.65. The molecule has 0 amide bonds. The molecule has 6 nitrogen and oxygen atoms in total. The van der Waals surface area contributed by atoms with Crippen LogP contribution in [-0.2, 0) is 16.8 Å². The molecule has 1 N–H and O–H groups in total. The molecule has 0 aromatic carbocycles. The minimum atomic E-state index is -0.862. The van der Waals surface area contributed by atoms with Crippen LogP contribution in [-0.4, -0.2) is 36.6 Å². The van der Waals surface area contributed by atoms with Crippen LogP contribution in [0.5, 0.6) is 0 Å². The topological polar surface area (TPSA) is 80.9 Å². The van der Waals surface area contributed by atoms with E-state index in [0.29, 0.717) is 5.16 Å². The quantitative estimate of drug-likeness (QED) is 0.788. The van der Waals surface area contributed by atoms with Crippen LogP contribution in [0, 0.1) is 0 Å². The number of rotatable bonds is 7. The largest absolute Gasteiger partial charge is 0.481 e. The van der Waals surface area contributed by atoms with Crippen LogP contribution in [0.3, 0.4) is 0 Å². The van der Waals surface area contributed by atoms with Crippen molar-refractivity contribution in [3.05, 3.63) is 22.4 Å². The van der Waals surface area contributed by atoms with Crippen molar-refractivity contribution in [2.75, 3.05) is 5.75 Å². The summed E-state index contributed by atoms with van der Waals surface area (Å²) >= 11 is 2.77. The summed E-state index contributed by atoms with van der Waals surface area (Å²) in [7, 11) is 0. The van der Waals surface area contributed by atoms with Gasteiger partial charge in [-0.25, -0.2) is 4.98 Å². The van der Waals surface area contributed by atoms with Gasteiger partial charge in [0.15, 0.2) is 5.16 Å². The molecule has 0 atom stereocenters. The number of thiazole rings is 1. The summed E-state index contributed by atoms with van der Waals surface area (Å²) in [6.45, 7) is 6.19. The minimum Gasteiger partial charge on any atom is -0.481 e.